The molecule has 0 bridgehead atoms. The summed E-state index contributed by atoms with van der Waals surface area (Å²) in [5.41, 5.74) is 6.64. The Morgan fingerprint density at radius 3 is 2.33 bits per heavy atom. The van der Waals surface area contributed by atoms with E-state index in [2.05, 4.69) is 5.32 Å². The molecule has 0 atom stereocenters. The summed E-state index contributed by atoms with van der Waals surface area (Å²) in [5, 5.41) is 14.0. The molecular formula is C19H14FN3O3S. The number of anilines is 2. The van der Waals surface area contributed by atoms with Crippen LogP contribution in [0.3, 0.4) is 0 Å². The second-order valence-corrected chi connectivity index (χ2v) is 6.69. The minimum atomic E-state index is -0.507. The van der Waals surface area contributed by atoms with E-state index in [0.717, 1.165) is 4.90 Å². The summed E-state index contributed by atoms with van der Waals surface area (Å²) in [6.45, 7) is 0. The van der Waals surface area contributed by atoms with Gasteiger partial charge >= 0.3 is 0 Å². The van der Waals surface area contributed by atoms with E-state index in [1.807, 2.05) is 0 Å². The second-order valence-electron chi connectivity index (χ2n) is 5.57. The number of hydrogen-bond donors (Lipinski definition) is 2. The second kappa shape index (κ2) is 7.88. The highest BCUT2D eigenvalue weighted by Gasteiger charge is 2.17. The van der Waals surface area contributed by atoms with Crippen LogP contribution < -0.4 is 11.1 Å². The van der Waals surface area contributed by atoms with Gasteiger partial charge in [-0.15, -0.1) is 0 Å². The van der Waals surface area contributed by atoms with Crippen molar-refractivity contribution in [3.8, 4) is 0 Å². The number of rotatable bonds is 5. The Kier molecular flexibility index (Phi) is 5.37. The summed E-state index contributed by atoms with van der Waals surface area (Å²) >= 11 is 1.23. The maximum absolute atomic E-state index is 12.9. The molecule has 8 heteroatoms. The number of nitro benzene ring substituents is 1. The molecule has 0 aromatic heterocycles. The highest BCUT2D eigenvalue weighted by molar-refractivity contribution is 7.99. The molecule has 6 nitrogen and oxygen atoms in total. The van der Waals surface area contributed by atoms with E-state index >= 15 is 0 Å². The van der Waals surface area contributed by atoms with Crippen molar-refractivity contribution in [2.45, 2.75) is 9.79 Å². The first-order chi connectivity index (χ1) is 12.9. The number of nitrogens with two attached hydrogens (primary N) is 1. The maximum atomic E-state index is 12.9. The third kappa shape index (κ3) is 4.62. The van der Waals surface area contributed by atoms with Gasteiger partial charge < -0.3 is 11.1 Å². The summed E-state index contributed by atoms with van der Waals surface area (Å²) in [4.78, 5) is 24.4. The van der Waals surface area contributed by atoms with Crippen LogP contribution in [-0.4, -0.2) is 10.8 Å². The zero-order valence-corrected chi connectivity index (χ0v) is 14.7. The third-order valence-corrected chi connectivity index (χ3v) is 4.70. The number of carbonyl (C=O) groups excluding carboxylic acids is 1. The molecule has 0 aliphatic rings. The van der Waals surface area contributed by atoms with Gasteiger partial charge in [0.1, 0.15) is 5.82 Å². The molecule has 0 aliphatic carbocycles. The molecule has 0 saturated heterocycles. The lowest BCUT2D eigenvalue weighted by atomic mass is 10.2. The first-order valence-corrected chi connectivity index (χ1v) is 8.63. The summed E-state index contributed by atoms with van der Waals surface area (Å²) < 4.78 is 12.9. The van der Waals surface area contributed by atoms with Crippen LogP contribution in [0.1, 0.15) is 10.4 Å². The van der Waals surface area contributed by atoms with E-state index in [4.69, 9.17) is 5.73 Å². The molecule has 3 aromatic rings. The summed E-state index contributed by atoms with van der Waals surface area (Å²) in [5.74, 6) is -0.936. The van der Waals surface area contributed by atoms with Crippen molar-refractivity contribution >= 4 is 34.7 Å². The maximum Gasteiger partial charge on any atom is 0.285 e. The van der Waals surface area contributed by atoms with E-state index in [1.54, 1.807) is 36.4 Å². The molecule has 0 radical (unpaired) electrons. The Balaban J connectivity index is 1.82. The van der Waals surface area contributed by atoms with Gasteiger partial charge in [0.2, 0.25) is 0 Å². The fraction of sp³-hybridized carbons (Fsp3) is 0. The molecule has 27 heavy (non-hydrogen) atoms. The number of nitrogens with one attached hydrogen (secondary N) is 1. The molecule has 1 amide bonds. The quantitative estimate of drug-likeness (QED) is 0.377. The van der Waals surface area contributed by atoms with Crippen molar-refractivity contribution in [3.63, 3.8) is 0 Å². The Hall–Kier alpha value is -3.39. The van der Waals surface area contributed by atoms with Gasteiger partial charge in [-0.05, 0) is 60.7 Å². The number of amides is 1. The van der Waals surface area contributed by atoms with Crippen molar-refractivity contribution in [3.05, 3.63) is 88.2 Å². The van der Waals surface area contributed by atoms with Crippen LogP contribution in [-0.2, 0) is 0 Å². The van der Waals surface area contributed by atoms with Crippen LogP contribution in [0.25, 0.3) is 0 Å². The van der Waals surface area contributed by atoms with Crippen molar-refractivity contribution in [1.82, 2.24) is 0 Å². The lowest BCUT2D eigenvalue weighted by molar-refractivity contribution is -0.387. The number of nitro groups is 1. The van der Waals surface area contributed by atoms with E-state index in [-0.39, 0.29) is 16.9 Å². The molecule has 0 aliphatic heterocycles. The topological polar surface area (TPSA) is 98.3 Å². The van der Waals surface area contributed by atoms with Crippen molar-refractivity contribution < 1.29 is 14.1 Å². The average Bonchev–Trinajstić information content (AvgIpc) is 2.65. The Labute approximate surface area is 158 Å². The lowest BCUT2D eigenvalue weighted by Crippen LogP contribution is -2.12. The molecule has 3 rings (SSSR count). The van der Waals surface area contributed by atoms with Gasteiger partial charge in [-0.2, -0.15) is 0 Å². The normalized spacial score (nSPS) is 10.4. The fourth-order valence-electron chi connectivity index (χ4n) is 2.29. The summed E-state index contributed by atoms with van der Waals surface area (Å²) in [7, 11) is 0. The first kappa shape index (κ1) is 18.4. The number of nitrogen functional groups attached to an aromatic ring is 1. The van der Waals surface area contributed by atoms with Gasteiger partial charge in [0.25, 0.3) is 11.6 Å². The predicted molar refractivity (Wildman–Crippen MR) is 102 cm³/mol. The lowest BCUT2D eigenvalue weighted by Gasteiger charge is -2.08. The molecule has 0 saturated carbocycles. The van der Waals surface area contributed by atoms with Gasteiger partial charge in [0.15, 0.2) is 0 Å². The molecule has 136 valence electrons. The molecular weight excluding hydrogens is 369 g/mol. The number of carbonyl (C=O) groups is 1. The first-order valence-electron chi connectivity index (χ1n) is 7.81. The Bertz CT molecular complexity index is 992. The van der Waals surface area contributed by atoms with Crippen molar-refractivity contribution in [2.75, 3.05) is 11.1 Å². The average molecular weight is 383 g/mol. The van der Waals surface area contributed by atoms with Gasteiger partial charge in [-0.3, -0.25) is 14.9 Å². The molecule has 3 N–H and O–H groups in total. The van der Waals surface area contributed by atoms with Crippen LogP contribution in [0.2, 0.25) is 0 Å². The minimum absolute atomic E-state index is 0.131. The fourth-order valence-corrected chi connectivity index (χ4v) is 3.19. The monoisotopic (exact) mass is 383 g/mol. The summed E-state index contributed by atoms with van der Waals surface area (Å²) in [6, 6.07) is 16.4. The number of halogens is 1. The van der Waals surface area contributed by atoms with Crippen molar-refractivity contribution in [2.24, 2.45) is 0 Å². The van der Waals surface area contributed by atoms with Gasteiger partial charge in [-0.25, -0.2) is 4.39 Å². The smallest absolute Gasteiger partial charge is 0.285 e. The number of benzene rings is 3. The van der Waals surface area contributed by atoms with Gasteiger partial charge in [0, 0.05) is 27.9 Å². The van der Waals surface area contributed by atoms with Gasteiger partial charge in [0.05, 0.1) is 9.82 Å². The van der Waals surface area contributed by atoms with Gasteiger partial charge in [-0.1, -0.05) is 11.8 Å². The Morgan fingerprint density at radius 2 is 1.70 bits per heavy atom. The zero-order valence-electron chi connectivity index (χ0n) is 13.9. The Morgan fingerprint density at radius 1 is 1.04 bits per heavy atom. The van der Waals surface area contributed by atoms with Crippen LogP contribution in [0.5, 0.6) is 0 Å². The molecule has 0 fully saturated rings. The van der Waals surface area contributed by atoms with E-state index in [0.29, 0.717) is 10.6 Å². The third-order valence-electron chi connectivity index (χ3n) is 3.63. The van der Waals surface area contributed by atoms with Crippen LogP contribution in [0.15, 0.2) is 76.5 Å². The van der Waals surface area contributed by atoms with Crippen molar-refractivity contribution in [1.29, 1.82) is 0 Å². The van der Waals surface area contributed by atoms with E-state index < -0.39 is 16.6 Å². The highest BCUT2D eigenvalue weighted by atomic mass is 32.2. The van der Waals surface area contributed by atoms with Crippen LogP contribution in [0.4, 0.5) is 21.5 Å². The van der Waals surface area contributed by atoms with E-state index in [1.165, 1.54) is 42.1 Å². The zero-order chi connectivity index (χ0) is 19.4. The SMILES string of the molecule is Nc1ccc(Sc2ccc(NC(=O)c3ccc(F)cc3)cc2[N+](=O)[O-])cc1. The molecule has 0 unspecified atom stereocenters. The minimum Gasteiger partial charge on any atom is -0.399 e. The van der Waals surface area contributed by atoms with Crippen LogP contribution >= 0.6 is 11.8 Å². The summed E-state index contributed by atoms with van der Waals surface area (Å²) in [6.07, 6.45) is 0. The number of nitrogens with zero attached hydrogens (tertiary/aromatic N) is 1. The van der Waals surface area contributed by atoms with E-state index in [9.17, 15) is 19.3 Å². The van der Waals surface area contributed by atoms with Crippen LogP contribution in [0, 0.1) is 15.9 Å². The number of hydrogen-bond acceptors (Lipinski definition) is 5. The molecule has 0 heterocycles. The standard InChI is InChI=1S/C19H14FN3O3S/c20-13-3-1-12(2-4-13)19(24)22-15-7-10-18(17(11-15)23(25)26)27-16-8-5-14(21)6-9-16/h1-11H,21H2,(H,22,24). The highest BCUT2D eigenvalue weighted by Crippen LogP contribution is 2.36. The predicted octanol–water partition coefficient (Wildman–Crippen LogP) is 4.72. The largest absolute Gasteiger partial charge is 0.399 e. The molecule has 0 spiro atoms. The molecule has 3 aromatic carbocycles.